The molecule has 100 heavy (non-hydrogen) atoms. The van der Waals surface area contributed by atoms with Gasteiger partial charge in [-0.05, 0) is 142 Å². The number of hydrogen-bond acceptors (Lipinski definition) is 17. The maximum absolute atomic E-state index is 15.4. The van der Waals surface area contributed by atoms with Crippen LogP contribution in [-0.2, 0) is 94.5 Å². The molecule has 0 saturated heterocycles. The lowest BCUT2D eigenvalue weighted by molar-refractivity contribution is -0.135. The quantitative estimate of drug-likeness (QED) is 0.0268. The smallest absolute Gasteiger partial charge is 0.243 e. The van der Waals surface area contributed by atoms with Crippen LogP contribution in [0.3, 0.4) is 0 Å². The summed E-state index contributed by atoms with van der Waals surface area (Å²) in [7, 11) is 0. The van der Waals surface area contributed by atoms with Crippen molar-refractivity contribution in [3.63, 3.8) is 0 Å². The van der Waals surface area contributed by atoms with Crippen molar-refractivity contribution >= 4 is 98.7 Å². The summed E-state index contributed by atoms with van der Waals surface area (Å²) in [6, 6.07) is 41.3. The zero-order valence-corrected chi connectivity index (χ0v) is 55.1. The predicted octanol–water partition coefficient (Wildman–Crippen LogP) is 1.97. The summed E-state index contributed by atoms with van der Waals surface area (Å²) in [5, 5.41) is 22.3. The second-order valence-electron chi connectivity index (χ2n) is 24.6. The molecule has 0 aromatic heterocycles. The molecule has 0 aliphatic rings. The minimum atomic E-state index is -1.52. The van der Waals surface area contributed by atoms with E-state index < -0.39 is 101 Å². The van der Waals surface area contributed by atoms with Crippen molar-refractivity contribution in [1.29, 1.82) is 0 Å². The zero-order valence-electron chi connectivity index (χ0n) is 55.1. The Labute approximate surface area is 578 Å². The molecule has 0 saturated carbocycles. The summed E-state index contributed by atoms with van der Waals surface area (Å²) in [4.78, 5) is 131. The number of primary amides is 1. The Morgan fingerprint density at radius 2 is 0.340 bits per heavy atom. The van der Waals surface area contributed by atoms with Gasteiger partial charge in [-0.3, -0.25) is 43.2 Å². The molecule has 26 heteroatoms. The van der Waals surface area contributed by atoms with Gasteiger partial charge in [0.15, 0.2) is 0 Å². The topological polar surface area (TPSA) is 484 Å². The maximum Gasteiger partial charge on any atom is 0.243 e. The van der Waals surface area contributed by atoms with Gasteiger partial charge in [-0.2, -0.15) is 0 Å². The van der Waals surface area contributed by atoms with Crippen LogP contribution < -0.4 is 94.1 Å². The van der Waals surface area contributed by atoms with E-state index in [-0.39, 0.29) is 51.4 Å². The molecule has 8 atom stereocenters. The number of nitrogens with two attached hydrogens (primary N) is 9. The van der Waals surface area contributed by atoms with Gasteiger partial charge in [0.05, 0.1) is 0 Å². The lowest BCUT2D eigenvalue weighted by Gasteiger charge is -2.28. The molecule has 520 valence electrons. The monoisotopic (exact) mass is 1360 g/mol. The van der Waals surface area contributed by atoms with Crippen LogP contribution >= 0.6 is 0 Å². The van der Waals surface area contributed by atoms with Gasteiger partial charge in [0.1, 0.15) is 48.3 Å². The Kier molecular flexibility index (Phi) is 25.5. The molecule has 0 bridgehead atoms. The first-order valence-electron chi connectivity index (χ1n) is 32.2. The fourth-order valence-electron chi connectivity index (χ4n) is 11.0. The Balaban J connectivity index is 1.11. The van der Waals surface area contributed by atoms with Crippen molar-refractivity contribution in [2.24, 2.45) is 5.73 Å². The number of rotatable bonds is 32. The number of nitrogen functional groups attached to an aromatic ring is 8. The highest BCUT2D eigenvalue weighted by Crippen LogP contribution is 2.19. The molecule has 9 amide bonds. The molecule has 8 rings (SSSR count). The third-order valence-corrected chi connectivity index (χ3v) is 16.5. The van der Waals surface area contributed by atoms with Crippen molar-refractivity contribution in [2.45, 2.75) is 107 Å². The fraction of sp³-hybridized carbons (Fsp3) is 0.230. The summed E-state index contributed by atoms with van der Waals surface area (Å²) in [5.74, 6) is -7.21. The molecule has 0 aliphatic heterocycles. The van der Waals surface area contributed by atoms with E-state index in [0.29, 0.717) is 90.0 Å². The molecule has 0 spiro atoms. The molecular formula is C74H85N17O9. The van der Waals surface area contributed by atoms with Crippen LogP contribution in [-0.4, -0.2) is 101 Å². The van der Waals surface area contributed by atoms with Crippen LogP contribution in [0.5, 0.6) is 0 Å². The minimum absolute atomic E-state index is 0.0174. The van der Waals surface area contributed by atoms with Gasteiger partial charge < -0.3 is 94.1 Å². The number of hydrogen-bond donors (Lipinski definition) is 17. The van der Waals surface area contributed by atoms with Gasteiger partial charge >= 0.3 is 0 Å². The van der Waals surface area contributed by atoms with Gasteiger partial charge in [-0.25, -0.2) is 0 Å². The van der Waals surface area contributed by atoms with Crippen LogP contribution in [0.4, 0.5) is 45.5 Å². The van der Waals surface area contributed by atoms with Gasteiger partial charge in [-0.15, -0.1) is 0 Å². The summed E-state index contributed by atoms with van der Waals surface area (Å²) in [6.07, 6.45) is -1.02. The summed E-state index contributed by atoms with van der Waals surface area (Å²) >= 11 is 0. The van der Waals surface area contributed by atoms with Crippen molar-refractivity contribution < 1.29 is 43.2 Å². The first kappa shape index (κ1) is 73.2. The maximum atomic E-state index is 15.4. The molecule has 26 nitrogen and oxygen atoms in total. The molecule has 0 aliphatic carbocycles. The number of nitrogens with one attached hydrogen (secondary N) is 8. The molecular weight excluding hydrogens is 1270 g/mol. The normalized spacial score (nSPS) is 13.4. The Morgan fingerprint density at radius 3 is 0.470 bits per heavy atom. The molecule has 8 unspecified atom stereocenters. The van der Waals surface area contributed by atoms with Crippen molar-refractivity contribution in [1.82, 2.24) is 42.5 Å². The second kappa shape index (κ2) is 34.9. The van der Waals surface area contributed by atoms with Crippen LogP contribution in [0.15, 0.2) is 194 Å². The van der Waals surface area contributed by atoms with Crippen LogP contribution in [0, 0.1) is 0 Å². The zero-order chi connectivity index (χ0) is 72.0. The van der Waals surface area contributed by atoms with E-state index in [2.05, 4.69) is 42.5 Å². The predicted molar refractivity (Wildman–Crippen MR) is 387 cm³/mol. The lowest BCUT2D eigenvalue weighted by atomic mass is 9.99. The highest BCUT2D eigenvalue weighted by Gasteiger charge is 2.36. The van der Waals surface area contributed by atoms with E-state index in [4.69, 9.17) is 51.6 Å². The number of benzene rings is 8. The molecule has 8 aromatic rings. The van der Waals surface area contributed by atoms with E-state index in [1.807, 2.05) is 0 Å². The Bertz CT molecular complexity index is 4130. The van der Waals surface area contributed by atoms with E-state index in [1.54, 1.807) is 194 Å². The standard InChI is InChI=1S/C74H85N17O9/c1-42(92)84-60(35-44-4-20-52(76)21-5-44)68(94)86-62(37-46-8-24-54(78)25-9-46)70(96)88-64(39-48-12-28-56(80)29-13-48)72(98)90-66(41-50-16-32-58(82)33-17-50)74(100)91-65(40-49-14-30-57(81)31-15-49)73(99)89-63(38-47-10-26-55(79)27-11-47)71(97)87-61(36-45-6-22-53(77)23-7-45)69(95)85-59(67(83)93)34-43-2-18-51(75)19-3-43/h2-33,59-66H,34-41,75-82H2,1H3,(H2,83,93)(H,84,92)(H,85,95)(H,86,94)(H,87,97)(H,88,96)(H,89,99)(H,90,98)(H,91,100). The Hall–Kier alpha value is -12.6. The van der Waals surface area contributed by atoms with Crippen molar-refractivity contribution in [3.05, 3.63) is 239 Å². The molecule has 0 fully saturated rings. The van der Waals surface area contributed by atoms with Crippen LogP contribution in [0.1, 0.15) is 51.4 Å². The summed E-state index contributed by atoms with van der Waals surface area (Å²) in [6.45, 7) is 1.25. The third kappa shape index (κ3) is 22.8. The summed E-state index contributed by atoms with van der Waals surface area (Å²) in [5.41, 5.74) is 62.1. The number of carbonyl (C=O) groups excluding carboxylic acids is 9. The molecule has 26 N–H and O–H groups in total. The van der Waals surface area contributed by atoms with Gasteiger partial charge in [0, 0.05) is 104 Å². The van der Waals surface area contributed by atoms with Crippen LogP contribution in [0.25, 0.3) is 0 Å². The average molecular weight is 1360 g/mol. The third-order valence-electron chi connectivity index (χ3n) is 16.5. The van der Waals surface area contributed by atoms with Gasteiger partial charge in [0.2, 0.25) is 53.2 Å². The van der Waals surface area contributed by atoms with E-state index in [9.17, 15) is 19.2 Å². The lowest BCUT2D eigenvalue weighted by Crippen LogP contribution is -2.61. The van der Waals surface area contributed by atoms with Gasteiger partial charge in [0.25, 0.3) is 0 Å². The van der Waals surface area contributed by atoms with Crippen molar-refractivity contribution in [3.8, 4) is 0 Å². The highest BCUT2D eigenvalue weighted by molar-refractivity contribution is 5.99. The highest BCUT2D eigenvalue weighted by atomic mass is 16.2. The number of amides is 9. The summed E-state index contributed by atoms with van der Waals surface area (Å²) < 4.78 is 0. The Morgan fingerprint density at radius 1 is 0.220 bits per heavy atom. The fourth-order valence-corrected chi connectivity index (χ4v) is 11.0. The number of carbonyl (C=O) groups is 9. The average Bonchev–Trinajstić information content (AvgIpc) is 0.909. The van der Waals surface area contributed by atoms with Crippen LogP contribution in [0.2, 0.25) is 0 Å². The molecule has 8 aromatic carbocycles. The van der Waals surface area contributed by atoms with E-state index >= 15 is 24.0 Å². The first-order chi connectivity index (χ1) is 47.8. The molecule has 0 radical (unpaired) electrons. The van der Waals surface area contributed by atoms with Crippen molar-refractivity contribution in [2.75, 3.05) is 45.9 Å². The molecule has 0 heterocycles. The second-order valence-corrected chi connectivity index (χ2v) is 24.6. The van der Waals surface area contributed by atoms with E-state index in [1.165, 1.54) is 6.92 Å². The minimum Gasteiger partial charge on any atom is -0.399 e. The number of anilines is 8. The van der Waals surface area contributed by atoms with Gasteiger partial charge in [-0.1, -0.05) is 97.1 Å². The van der Waals surface area contributed by atoms with E-state index in [0.717, 1.165) is 0 Å². The SMILES string of the molecule is CC(=O)NC(Cc1ccc(N)cc1)C(=O)NC(Cc1ccc(N)cc1)C(=O)NC(Cc1ccc(N)cc1)C(=O)NC(Cc1ccc(N)cc1)C(=O)NC(Cc1ccc(N)cc1)C(=O)NC(Cc1ccc(N)cc1)C(=O)NC(Cc1ccc(N)cc1)C(=O)NC(Cc1ccc(N)cc1)C(N)=O. The first-order valence-corrected chi connectivity index (χ1v) is 32.2. The largest absolute Gasteiger partial charge is 0.399 e.